The number of hydrogen-bond acceptors (Lipinski definition) is 2. The monoisotopic (exact) mass is 210 g/mol. The molecule has 3 atom stereocenters. The first-order valence-electron chi connectivity index (χ1n) is 6.76. The number of nitrogens with one attached hydrogen (secondary N) is 1. The van der Waals surface area contributed by atoms with Gasteiger partial charge in [-0.05, 0) is 52.5 Å². The molecule has 0 bridgehead atoms. The van der Waals surface area contributed by atoms with Crippen molar-refractivity contribution >= 4 is 0 Å². The lowest BCUT2D eigenvalue weighted by Gasteiger charge is -2.39. The van der Waals surface area contributed by atoms with Crippen LogP contribution in [0.25, 0.3) is 0 Å². The molecular weight excluding hydrogens is 184 g/mol. The predicted octanol–water partition coefficient (Wildman–Crippen LogP) is 2.39. The SMILES string of the molecule is CC1CCCC(C)N1CCC1CCCN1. The van der Waals surface area contributed by atoms with Crippen LogP contribution in [0.15, 0.2) is 0 Å². The van der Waals surface area contributed by atoms with Gasteiger partial charge < -0.3 is 5.32 Å². The van der Waals surface area contributed by atoms with Crippen molar-refractivity contribution in [2.24, 2.45) is 0 Å². The minimum absolute atomic E-state index is 0.811. The molecule has 0 aliphatic carbocycles. The highest BCUT2D eigenvalue weighted by Gasteiger charge is 2.25. The normalized spacial score (nSPS) is 38.4. The molecule has 2 aliphatic heterocycles. The van der Waals surface area contributed by atoms with Crippen molar-refractivity contribution in [1.29, 1.82) is 0 Å². The third kappa shape index (κ3) is 2.94. The Balaban J connectivity index is 1.75. The van der Waals surface area contributed by atoms with Crippen molar-refractivity contribution in [2.45, 2.75) is 70.5 Å². The summed E-state index contributed by atoms with van der Waals surface area (Å²) < 4.78 is 0. The van der Waals surface area contributed by atoms with E-state index in [-0.39, 0.29) is 0 Å². The van der Waals surface area contributed by atoms with Gasteiger partial charge in [0.25, 0.3) is 0 Å². The van der Waals surface area contributed by atoms with Crippen LogP contribution >= 0.6 is 0 Å². The second kappa shape index (κ2) is 5.31. The third-order valence-electron chi connectivity index (χ3n) is 4.27. The van der Waals surface area contributed by atoms with Crippen molar-refractivity contribution < 1.29 is 0 Å². The van der Waals surface area contributed by atoms with Gasteiger partial charge in [-0.1, -0.05) is 6.42 Å². The molecule has 88 valence electrons. The van der Waals surface area contributed by atoms with E-state index in [1.54, 1.807) is 0 Å². The van der Waals surface area contributed by atoms with Crippen LogP contribution in [0, 0.1) is 0 Å². The first-order chi connectivity index (χ1) is 7.27. The fourth-order valence-electron chi connectivity index (χ4n) is 3.22. The van der Waals surface area contributed by atoms with Gasteiger partial charge in [-0.15, -0.1) is 0 Å². The molecule has 1 N–H and O–H groups in total. The Bertz CT molecular complexity index is 177. The molecule has 15 heavy (non-hydrogen) atoms. The van der Waals surface area contributed by atoms with Gasteiger partial charge in [0.2, 0.25) is 0 Å². The Kier molecular flexibility index (Phi) is 4.04. The number of nitrogens with zero attached hydrogens (tertiary/aromatic N) is 1. The standard InChI is InChI=1S/C13H26N2/c1-11-5-3-6-12(2)15(11)10-8-13-7-4-9-14-13/h11-14H,3-10H2,1-2H3. The molecule has 2 fully saturated rings. The van der Waals surface area contributed by atoms with Crippen molar-refractivity contribution in [3.8, 4) is 0 Å². The zero-order valence-electron chi connectivity index (χ0n) is 10.3. The lowest BCUT2D eigenvalue weighted by atomic mass is 9.97. The summed E-state index contributed by atoms with van der Waals surface area (Å²) in [5.74, 6) is 0. The molecule has 0 aromatic carbocycles. The van der Waals surface area contributed by atoms with Gasteiger partial charge >= 0.3 is 0 Å². The van der Waals surface area contributed by atoms with E-state index in [1.807, 2.05) is 0 Å². The highest BCUT2D eigenvalue weighted by molar-refractivity contribution is 4.82. The van der Waals surface area contributed by atoms with E-state index >= 15 is 0 Å². The van der Waals surface area contributed by atoms with Crippen LogP contribution < -0.4 is 5.32 Å². The summed E-state index contributed by atoms with van der Waals surface area (Å²) in [6.45, 7) is 7.35. The Morgan fingerprint density at radius 2 is 1.80 bits per heavy atom. The maximum absolute atomic E-state index is 3.60. The highest BCUT2D eigenvalue weighted by atomic mass is 15.2. The average Bonchev–Trinajstić information content (AvgIpc) is 2.70. The lowest BCUT2D eigenvalue weighted by molar-refractivity contribution is 0.0989. The van der Waals surface area contributed by atoms with Gasteiger partial charge in [-0.2, -0.15) is 0 Å². The molecule has 0 aromatic rings. The molecule has 2 heteroatoms. The molecule has 3 unspecified atom stereocenters. The van der Waals surface area contributed by atoms with E-state index in [0.29, 0.717) is 0 Å². The molecule has 2 heterocycles. The minimum atomic E-state index is 0.811. The summed E-state index contributed by atoms with van der Waals surface area (Å²) in [4.78, 5) is 2.73. The van der Waals surface area contributed by atoms with Gasteiger partial charge in [0.15, 0.2) is 0 Å². The van der Waals surface area contributed by atoms with E-state index in [0.717, 1.165) is 18.1 Å². The van der Waals surface area contributed by atoms with Gasteiger partial charge in [-0.3, -0.25) is 4.90 Å². The number of rotatable bonds is 3. The van der Waals surface area contributed by atoms with Crippen LogP contribution in [0.1, 0.15) is 52.4 Å². The second-order valence-electron chi connectivity index (χ2n) is 5.45. The summed E-state index contributed by atoms with van der Waals surface area (Å²) in [7, 11) is 0. The maximum atomic E-state index is 3.60. The van der Waals surface area contributed by atoms with E-state index < -0.39 is 0 Å². The summed E-state index contributed by atoms with van der Waals surface area (Å²) >= 11 is 0. The van der Waals surface area contributed by atoms with Crippen molar-refractivity contribution in [2.75, 3.05) is 13.1 Å². The van der Waals surface area contributed by atoms with Crippen molar-refractivity contribution in [3.63, 3.8) is 0 Å². The Morgan fingerprint density at radius 1 is 1.07 bits per heavy atom. The van der Waals surface area contributed by atoms with E-state index in [9.17, 15) is 0 Å². The van der Waals surface area contributed by atoms with Crippen LogP contribution in [0.5, 0.6) is 0 Å². The van der Waals surface area contributed by atoms with E-state index in [4.69, 9.17) is 0 Å². The van der Waals surface area contributed by atoms with Crippen LogP contribution in [-0.4, -0.2) is 36.1 Å². The third-order valence-corrected chi connectivity index (χ3v) is 4.27. The van der Waals surface area contributed by atoms with Crippen molar-refractivity contribution in [3.05, 3.63) is 0 Å². The van der Waals surface area contributed by atoms with Gasteiger partial charge in [-0.25, -0.2) is 0 Å². The topological polar surface area (TPSA) is 15.3 Å². The van der Waals surface area contributed by atoms with Crippen LogP contribution in [-0.2, 0) is 0 Å². The molecule has 0 spiro atoms. The Labute approximate surface area is 94.4 Å². The number of hydrogen-bond donors (Lipinski definition) is 1. The summed E-state index contributed by atoms with van der Waals surface area (Å²) in [5.41, 5.74) is 0. The molecular formula is C13H26N2. The summed E-state index contributed by atoms with van der Waals surface area (Å²) in [6, 6.07) is 2.44. The lowest BCUT2D eigenvalue weighted by Crippen LogP contribution is -2.45. The molecule has 0 saturated carbocycles. The molecule has 2 saturated heterocycles. The largest absolute Gasteiger partial charge is 0.314 e. The van der Waals surface area contributed by atoms with Crippen LogP contribution in [0.2, 0.25) is 0 Å². The second-order valence-corrected chi connectivity index (χ2v) is 5.45. The van der Waals surface area contributed by atoms with Gasteiger partial charge in [0, 0.05) is 24.7 Å². The zero-order chi connectivity index (χ0) is 10.7. The fourth-order valence-corrected chi connectivity index (χ4v) is 3.22. The summed E-state index contributed by atoms with van der Waals surface area (Å²) in [5, 5.41) is 3.60. The molecule has 2 aliphatic rings. The van der Waals surface area contributed by atoms with Gasteiger partial charge in [0.05, 0.1) is 0 Å². The van der Waals surface area contributed by atoms with Gasteiger partial charge in [0.1, 0.15) is 0 Å². The number of likely N-dealkylation sites (tertiary alicyclic amines) is 1. The predicted molar refractivity (Wildman–Crippen MR) is 65.1 cm³/mol. The average molecular weight is 210 g/mol. The van der Waals surface area contributed by atoms with E-state index in [1.165, 1.54) is 51.6 Å². The summed E-state index contributed by atoms with van der Waals surface area (Å²) in [6.07, 6.45) is 8.38. The fraction of sp³-hybridized carbons (Fsp3) is 1.00. The molecule has 0 radical (unpaired) electrons. The first-order valence-corrected chi connectivity index (χ1v) is 6.76. The Morgan fingerprint density at radius 3 is 2.40 bits per heavy atom. The molecule has 2 nitrogen and oxygen atoms in total. The smallest absolute Gasteiger partial charge is 0.00797 e. The number of piperidine rings is 1. The molecule has 0 amide bonds. The van der Waals surface area contributed by atoms with Crippen LogP contribution in [0.3, 0.4) is 0 Å². The van der Waals surface area contributed by atoms with Crippen LogP contribution in [0.4, 0.5) is 0 Å². The minimum Gasteiger partial charge on any atom is -0.314 e. The van der Waals surface area contributed by atoms with Crippen molar-refractivity contribution in [1.82, 2.24) is 10.2 Å². The zero-order valence-corrected chi connectivity index (χ0v) is 10.3. The first kappa shape index (κ1) is 11.4. The molecule has 2 rings (SSSR count). The molecule has 0 aromatic heterocycles. The van der Waals surface area contributed by atoms with E-state index in [2.05, 4.69) is 24.1 Å². The highest BCUT2D eigenvalue weighted by Crippen LogP contribution is 2.23. The quantitative estimate of drug-likeness (QED) is 0.769. The maximum Gasteiger partial charge on any atom is 0.00797 e. The Hall–Kier alpha value is -0.0800.